The number of nitrogens with zero attached hydrogens (tertiary/aromatic N) is 3. The molecule has 4 atom stereocenters. The van der Waals surface area contributed by atoms with Gasteiger partial charge in [0.1, 0.15) is 5.75 Å². The third-order valence-corrected chi connectivity index (χ3v) is 9.18. The highest BCUT2D eigenvalue weighted by Gasteiger charge is 2.31. The molecule has 1 aliphatic rings. The fraction of sp³-hybridized carbons (Fsp3) is 0.513. The van der Waals surface area contributed by atoms with E-state index in [1.165, 1.54) is 0 Å². The van der Waals surface area contributed by atoms with E-state index in [1.54, 1.807) is 42.0 Å². The van der Waals surface area contributed by atoms with E-state index in [2.05, 4.69) is 10.6 Å². The van der Waals surface area contributed by atoms with Gasteiger partial charge >= 0.3 is 6.03 Å². The minimum atomic E-state index is -0.513. The molecule has 272 valence electrons. The molecule has 3 N–H and O–H groups in total. The number of likely N-dealkylation sites (N-methyl/N-ethyl adjacent to an activating group) is 1. The minimum absolute atomic E-state index is 0.128. The van der Waals surface area contributed by atoms with Crippen molar-refractivity contribution in [1.29, 1.82) is 0 Å². The molecule has 1 aliphatic heterocycles. The number of ether oxygens (including phenoxy) is 2. The summed E-state index contributed by atoms with van der Waals surface area (Å²) in [6.07, 6.45) is 2.94. The van der Waals surface area contributed by atoms with Crippen LogP contribution in [0.2, 0.25) is 0 Å². The summed E-state index contributed by atoms with van der Waals surface area (Å²) in [4.78, 5) is 45.9. The van der Waals surface area contributed by atoms with Crippen LogP contribution in [-0.4, -0.2) is 110 Å². The summed E-state index contributed by atoms with van der Waals surface area (Å²) in [6, 6.07) is 18.1. The highest BCUT2D eigenvalue weighted by molar-refractivity contribution is 6.02. The van der Waals surface area contributed by atoms with Crippen molar-refractivity contribution in [2.75, 3.05) is 64.6 Å². The Morgan fingerprint density at radius 2 is 1.78 bits per heavy atom. The van der Waals surface area contributed by atoms with Crippen molar-refractivity contribution in [1.82, 2.24) is 14.7 Å². The van der Waals surface area contributed by atoms with Crippen LogP contribution in [0.5, 0.6) is 5.75 Å². The van der Waals surface area contributed by atoms with Gasteiger partial charge < -0.3 is 39.9 Å². The molecule has 50 heavy (non-hydrogen) atoms. The van der Waals surface area contributed by atoms with Gasteiger partial charge in [-0.3, -0.25) is 9.59 Å². The third kappa shape index (κ3) is 10.9. The lowest BCUT2D eigenvalue weighted by Crippen LogP contribution is -2.48. The Balaban J connectivity index is 1.56. The van der Waals surface area contributed by atoms with Gasteiger partial charge in [-0.25, -0.2) is 4.79 Å². The van der Waals surface area contributed by atoms with Crippen LogP contribution in [0, 0.1) is 5.92 Å². The van der Waals surface area contributed by atoms with E-state index in [-0.39, 0.29) is 49.1 Å². The number of benzene rings is 3. The van der Waals surface area contributed by atoms with Gasteiger partial charge in [0.15, 0.2) is 0 Å². The molecule has 0 fully saturated rings. The summed E-state index contributed by atoms with van der Waals surface area (Å²) in [5.74, 6) is -0.212. The number of aliphatic hydroxyl groups excluding tert-OH is 1. The topological polar surface area (TPSA) is 124 Å². The fourth-order valence-electron chi connectivity index (χ4n) is 6.14. The summed E-state index contributed by atoms with van der Waals surface area (Å²) in [5, 5.41) is 18.3. The lowest BCUT2D eigenvalue weighted by molar-refractivity contribution is -0.116. The van der Waals surface area contributed by atoms with Gasteiger partial charge in [0.05, 0.1) is 36.1 Å². The predicted octanol–water partition coefficient (Wildman–Crippen LogP) is 6.08. The van der Waals surface area contributed by atoms with Crippen molar-refractivity contribution in [2.24, 2.45) is 5.92 Å². The number of amides is 4. The zero-order valence-electron chi connectivity index (χ0n) is 30.5. The molecule has 11 heteroatoms. The maximum Gasteiger partial charge on any atom is 0.321 e. The maximum absolute atomic E-state index is 14.4. The molecule has 0 bridgehead atoms. The summed E-state index contributed by atoms with van der Waals surface area (Å²) in [7, 11) is 5.68. The second-order valence-corrected chi connectivity index (χ2v) is 13.8. The van der Waals surface area contributed by atoms with E-state index in [0.717, 1.165) is 42.3 Å². The molecular formula is C39H55N5O6. The average Bonchev–Trinajstić information content (AvgIpc) is 3.09. The Kier molecular flexibility index (Phi) is 14.4. The number of carbonyl (C=O) groups excluding carboxylic acids is 3. The number of aliphatic hydroxyl groups is 1. The number of hydrogen-bond donors (Lipinski definition) is 3. The van der Waals surface area contributed by atoms with E-state index in [9.17, 15) is 19.5 Å². The van der Waals surface area contributed by atoms with Crippen LogP contribution in [0.15, 0.2) is 60.7 Å². The largest absolute Gasteiger partial charge is 0.490 e. The zero-order valence-corrected chi connectivity index (χ0v) is 30.5. The lowest BCUT2D eigenvalue weighted by Gasteiger charge is -2.35. The first-order chi connectivity index (χ1) is 24.0. The Labute approximate surface area is 296 Å². The van der Waals surface area contributed by atoms with Crippen LogP contribution in [0.1, 0.15) is 63.2 Å². The Morgan fingerprint density at radius 3 is 2.54 bits per heavy atom. The summed E-state index contributed by atoms with van der Waals surface area (Å²) >= 11 is 0. The molecule has 0 aliphatic carbocycles. The monoisotopic (exact) mass is 689 g/mol. The van der Waals surface area contributed by atoms with Gasteiger partial charge in [0.25, 0.3) is 5.91 Å². The van der Waals surface area contributed by atoms with Gasteiger partial charge in [-0.2, -0.15) is 0 Å². The quantitative estimate of drug-likeness (QED) is 0.236. The smallest absolute Gasteiger partial charge is 0.321 e. The van der Waals surface area contributed by atoms with E-state index in [0.29, 0.717) is 43.0 Å². The first-order valence-corrected chi connectivity index (χ1v) is 17.7. The van der Waals surface area contributed by atoms with Crippen LogP contribution in [0.4, 0.5) is 16.2 Å². The molecule has 0 spiro atoms. The van der Waals surface area contributed by atoms with Gasteiger partial charge in [-0.15, -0.1) is 0 Å². The molecule has 11 nitrogen and oxygen atoms in total. The second-order valence-electron chi connectivity index (χ2n) is 13.8. The van der Waals surface area contributed by atoms with Crippen LogP contribution in [0.25, 0.3) is 10.8 Å². The van der Waals surface area contributed by atoms with Gasteiger partial charge in [-0.1, -0.05) is 43.3 Å². The zero-order chi connectivity index (χ0) is 36.2. The normalized spacial score (nSPS) is 19.6. The molecular weight excluding hydrogens is 634 g/mol. The Morgan fingerprint density at radius 1 is 1.02 bits per heavy atom. The number of nitrogens with one attached hydrogen (secondary N) is 2. The molecule has 0 aromatic heterocycles. The van der Waals surface area contributed by atoms with E-state index in [1.807, 2.05) is 75.3 Å². The molecule has 3 aromatic rings. The van der Waals surface area contributed by atoms with Gasteiger partial charge in [-0.05, 0) is 89.8 Å². The summed E-state index contributed by atoms with van der Waals surface area (Å²) in [6.45, 7) is 7.39. The van der Waals surface area contributed by atoms with Crippen molar-refractivity contribution >= 4 is 40.0 Å². The van der Waals surface area contributed by atoms with E-state index < -0.39 is 6.04 Å². The highest BCUT2D eigenvalue weighted by Crippen LogP contribution is 2.29. The standard InChI is InChI=1S/C39H55N5O6/c1-27-24-44(28(2)26-45)38(47)33-23-31(40-37(46)18-12-21-42(4)5)19-20-35(33)50-29(3)13-9-10-22-49-36(27)25-43(6)39(48)41-34-17-11-15-30-14-7-8-16-32(30)34/h7-8,11,14-17,19-20,23,27-29,36,45H,9-10,12-13,18,21-22,24-26H2,1-6H3,(H,40,46)(H,41,48)/t27-,28+,29-,36+/m1/s1. The Bertz CT molecular complexity index is 1580. The third-order valence-electron chi connectivity index (χ3n) is 9.18. The average molecular weight is 690 g/mol. The van der Waals surface area contributed by atoms with Gasteiger partial charge in [0, 0.05) is 50.2 Å². The van der Waals surface area contributed by atoms with Crippen LogP contribution in [-0.2, 0) is 9.53 Å². The number of rotatable bonds is 10. The maximum atomic E-state index is 14.4. The second kappa shape index (κ2) is 18.7. The van der Waals surface area contributed by atoms with Crippen LogP contribution < -0.4 is 15.4 Å². The van der Waals surface area contributed by atoms with Crippen molar-refractivity contribution in [3.05, 3.63) is 66.2 Å². The van der Waals surface area contributed by atoms with E-state index in [4.69, 9.17) is 9.47 Å². The van der Waals surface area contributed by atoms with Crippen molar-refractivity contribution < 1.29 is 29.0 Å². The van der Waals surface area contributed by atoms with Crippen molar-refractivity contribution in [3.8, 4) is 5.75 Å². The molecule has 3 aromatic carbocycles. The van der Waals surface area contributed by atoms with Crippen molar-refractivity contribution in [3.63, 3.8) is 0 Å². The SMILES string of the molecule is C[C@@H]1CCCCO[C@@H](CN(C)C(=O)Nc2cccc3ccccc23)[C@H](C)CN([C@@H](C)CO)C(=O)c2cc(NC(=O)CCCN(C)C)ccc2O1. The molecule has 0 unspecified atom stereocenters. The number of carbonyl (C=O) groups is 3. The molecule has 0 radical (unpaired) electrons. The van der Waals surface area contributed by atoms with E-state index >= 15 is 0 Å². The molecule has 4 rings (SSSR count). The Hall–Kier alpha value is -4.19. The number of anilines is 2. The highest BCUT2D eigenvalue weighted by atomic mass is 16.5. The molecule has 1 heterocycles. The summed E-state index contributed by atoms with van der Waals surface area (Å²) in [5.41, 5.74) is 1.55. The molecule has 0 saturated heterocycles. The fourth-order valence-corrected chi connectivity index (χ4v) is 6.14. The van der Waals surface area contributed by atoms with Gasteiger partial charge in [0.2, 0.25) is 5.91 Å². The van der Waals surface area contributed by atoms with Crippen LogP contribution >= 0.6 is 0 Å². The van der Waals surface area contributed by atoms with Crippen LogP contribution in [0.3, 0.4) is 0 Å². The first kappa shape index (κ1) is 38.6. The minimum Gasteiger partial charge on any atom is -0.490 e. The number of hydrogen-bond acceptors (Lipinski definition) is 7. The lowest BCUT2D eigenvalue weighted by atomic mass is 10.0. The predicted molar refractivity (Wildman–Crippen MR) is 199 cm³/mol. The molecule has 0 saturated carbocycles. The number of urea groups is 1. The first-order valence-electron chi connectivity index (χ1n) is 17.7. The number of fused-ring (bicyclic) bond motifs is 2. The van der Waals surface area contributed by atoms with Crippen molar-refractivity contribution in [2.45, 2.75) is 71.1 Å². The summed E-state index contributed by atoms with van der Waals surface area (Å²) < 4.78 is 12.7. The molecule has 4 amide bonds.